The second kappa shape index (κ2) is 3.54. The van der Waals surface area contributed by atoms with E-state index in [1.807, 2.05) is 6.07 Å². The quantitative estimate of drug-likeness (QED) is 0.759. The number of rotatable bonds is 1. The molecule has 1 aliphatic rings. The van der Waals surface area contributed by atoms with Crippen LogP contribution in [0, 0.1) is 0 Å². The maximum atomic E-state index is 3.41. The van der Waals surface area contributed by atoms with E-state index in [9.17, 15) is 0 Å². The van der Waals surface area contributed by atoms with Crippen molar-refractivity contribution >= 4 is 27.7 Å². The number of hydrogen-bond acceptors (Lipinski definition) is 2. The molecule has 1 aromatic carbocycles. The van der Waals surface area contributed by atoms with Crippen LogP contribution >= 0.6 is 27.7 Å². The summed E-state index contributed by atoms with van der Waals surface area (Å²) < 4.78 is 1.07. The van der Waals surface area contributed by atoms with E-state index in [1.54, 1.807) is 11.8 Å². The van der Waals surface area contributed by atoms with Crippen molar-refractivity contribution in [2.45, 2.75) is 5.37 Å². The molecule has 0 radical (unpaired) electrons. The zero-order chi connectivity index (χ0) is 8.39. The summed E-state index contributed by atoms with van der Waals surface area (Å²) in [5.41, 5.74) is 1.31. The van der Waals surface area contributed by atoms with E-state index < -0.39 is 0 Å². The van der Waals surface area contributed by atoms with Crippen LogP contribution in [0.1, 0.15) is 10.9 Å². The first-order chi connectivity index (χ1) is 5.86. The second-order valence-electron chi connectivity index (χ2n) is 2.54. The average Bonchev–Trinajstić information content (AvgIpc) is 2.54. The van der Waals surface area contributed by atoms with Gasteiger partial charge in [0.2, 0.25) is 0 Å². The van der Waals surface area contributed by atoms with Crippen LogP contribution in [-0.4, -0.2) is 0 Å². The van der Waals surface area contributed by atoms with E-state index in [2.05, 4.69) is 50.9 Å². The monoisotopic (exact) mass is 241 g/mol. The molecule has 0 spiro atoms. The van der Waals surface area contributed by atoms with Gasteiger partial charge in [-0.25, -0.2) is 0 Å². The molecule has 0 saturated carbocycles. The highest BCUT2D eigenvalue weighted by molar-refractivity contribution is 9.11. The van der Waals surface area contributed by atoms with Gasteiger partial charge >= 0.3 is 0 Å². The maximum absolute atomic E-state index is 3.41. The van der Waals surface area contributed by atoms with Crippen molar-refractivity contribution in [2.24, 2.45) is 0 Å². The summed E-state index contributed by atoms with van der Waals surface area (Å²) in [7, 11) is 0. The van der Waals surface area contributed by atoms with E-state index >= 15 is 0 Å². The van der Waals surface area contributed by atoms with Gasteiger partial charge in [-0.3, -0.25) is 0 Å². The lowest BCUT2D eigenvalue weighted by Crippen LogP contribution is -2.09. The van der Waals surface area contributed by atoms with Crippen molar-refractivity contribution in [2.75, 3.05) is 0 Å². The Kier molecular flexibility index (Phi) is 2.42. The number of hydrogen-bond donors (Lipinski definition) is 1. The van der Waals surface area contributed by atoms with Crippen molar-refractivity contribution in [1.82, 2.24) is 5.32 Å². The van der Waals surface area contributed by atoms with Gasteiger partial charge in [0.05, 0.1) is 4.61 Å². The Labute approximate surface area is 84.4 Å². The van der Waals surface area contributed by atoms with Crippen molar-refractivity contribution in [3.8, 4) is 0 Å². The molecule has 2 rings (SSSR count). The minimum atomic E-state index is 0.376. The molecule has 0 bridgehead atoms. The van der Waals surface area contributed by atoms with Gasteiger partial charge in [-0.1, -0.05) is 30.3 Å². The van der Waals surface area contributed by atoms with Gasteiger partial charge < -0.3 is 5.32 Å². The Hall–Kier alpha value is -0.410. The van der Waals surface area contributed by atoms with Crippen LogP contribution in [-0.2, 0) is 0 Å². The Morgan fingerprint density at radius 2 is 2.00 bits per heavy atom. The summed E-state index contributed by atoms with van der Waals surface area (Å²) >= 11 is 5.19. The Bertz CT molecular complexity index is 297. The minimum Gasteiger partial charge on any atom is -0.363 e. The molecule has 1 unspecified atom stereocenters. The summed E-state index contributed by atoms with van der Waals surface area (Å²) in [5, 5.41) is 5.77. The van der Waals surface area contributed by atoms with Crippen LogP contribution < -0.4 is 5.32 Å². The first-order valence-electron chi connectivity index (χ1n) is 3.69. The molecule has 1 heterocycles. The largest absolute Gasteiger partial charge is 0.363 e. The van der Waals surface area contributed by atoms with Crippen molar-refractivity contribution < 1.29 is 0 Å². The van der Waals surface area contributed by atoms with Gasteiger partial charge in [0.15, 0.2) is 0 Å². The second-order valence-corrected chi connectivity index (χ2v) is 4.37. The lowest BCUT2D eigenvalue weighted by molar-refractivity contribution is 0.854. The van der Waals surface area contributed by atoms with Crippen LogP contribution in [0.25, 0.3) is 0 Å². The van der Waals surface area contributed by atoms with Crippen LogP contribution in [0.3, 0.4) is 0 Å². The fraction of sp³-hybridized carbons (Fsp3) is 0.111. The lowest BCUT2D eigenvalue weighted by Gasteiger charge is -2.10. The van der Waals surface area contributed by atoms with Crippen molar-refractivity contribution in [3.05, 3.63) is 45.9 Å². The molecule has 1 nitrogen and oxygen atoms in total. The van der Waals surface area contributed by atoms with E-state index in [4.69, 9.17) is 0 Å². The van der Waals surface area contributed by atoms with E-state index in [-0.39, 0.29) is 0 Å². The third kappa shape index (κ3) is 1.67. The molecule has 12 heavy (non-hydrogen) atoms. The normalized spacial score (nSPS) is 21.8. The molecular weight excluding hydrogens is 234 g/mol. The molecular formula is C9H8BrNS. The first-order valence-corrected chi connectivity index (χ1v) is 5.42. The number of halogens is 1. The van der Waals surface area contributed by atoms with Gasteiger partial charge in [-0.05, 0) is 21.5 Å². The molecule has 62 valence electrons. The summed E-state index contributed by atoms with van der Waals surface area (Å²) in [6.07, 6.45) is 0. The van der Waals surface area contributed by atoms with Gasteiger partial charge in [-0.2, -0.15) is 0 Å². The van der Waals surface area contributed by atoms with Gasteiger partial charge in [-0.15, -0.1) is 11.8 Å². The lowest BCUT2D eigenvalue weighted by atomic mass is 10.2. The SMILES string of the molecule is BrC1=CSC(c2ccccc2)N1. The van der Waals surface area contributed by atoms with Gasteiger partial charge in [0.25, 0.3) is 0 Å². The van der Waals surface area contributed by atoms with E-state index in [0.29, 0.717) is 5.37 Å². The molecule has 1 N–H and O–H groups in total. The molecule has 1 atom stereocenters. The average molecular weight is 242 g/mol. The predicted octanol–water partition coefficient (Wildman–Crippen LogP) is 3.22. The number of thioether (sulfide) groups is 1. The maximum Gasteiger partial charge on any atom is 0.102 e. The van der Waals surface area contributed by atoms with Gasteiger partial charge in [0, 0.05) is 5.41 Å². The Balaban J connectivity index is 2.14. The topological polar surface area (TPSA) is 12.0 Å². The highest BCUT2D eigenvalue weighted by Gasteiger charge is 2.15. The zero-order valence-corrected chi connectivity index (χ0v) is 8.73. The van der Waals surface area contributed by atoms with E-state index in [0.717, 1.165) is 4.61 Å². The molecule has 1 aliphatic heterocycles. The van der Waals surface area contributed by atoms with Crippen molar-refractivity contribution in [3.63, 3.8) is 0 Å². The number of nitrogens with one attached hydrogen (secondary N) is 1. The highest BCUT2D eigenvalue weighted by Crippen LogP contribution is 2.35. The number of benzene rings is 1. The minimum absolute atomic E-state index is 0.376. The summed E-state index contributed by atoms with van der Waals surface area (Å²) in [5.74, 6) is 0. The summed E-state index contributed by atoms with van der Waals surface area (Å²) in [6.45, 7) is 0. The third-order valence-electron chi connectivity index (χ3n) is 1.68. The van der Waals surface area contributed by atoms with Crippen molar-refractivity contribution in [1.29, 1.82) is 0 Å². The first kappa shape index (κ1) is 8.20. The Morgan fingerprint density at radius 3 is 2.58 bits per heavy atom. The summed E-state index contributed by atoms with van der Waals surface area (Å²) in [6, 6.07) is 10.4. The molecule has 0 amide bonds. The summed E-state index contributed by atoms with van der Waals surface area (Å²) in [4.78, 5) is 0. The Morgan fingerprint density at radius 1 is 1.25 bits per heavy atom. The zero-order valence-electron chi connectivity index (χ0n) is 6.33. The van der Waals surface area contributed by atoms with E-state index in [1.165, 1.54) is 5.56 Å². The molecule has 0 saturated heterocycles. The molecule has 3 heteroatoms. The highest BCUT2D eigenvalue weighted by atomic mass is 79.9. The van der Waals surface area contributed by atoms with Gasteiger partial charge in [0.1, 0.15) is 5.37 Å². The fourth-order valence-electron chi connectivity index (χ4n) is 1.11. The van der Waals surface area contributed by atoms with Crippen LogP contribution in [0.2, 0.25) is 0 Å². The molecule has 1 aromatic rings. The van der Waals surface area contributed by atoms with Crippen LogP contribution in [0.4, 0.5) is 0 Å². The molecule has 0 aromatic heterocycles. The molecule has 0 aliphatic carbocycles. The van der Waals surface area contributed by atoms with Crippen LogP contribution in [0.15, 0.2) is 40.3 Å². The molecule has 0 fully saturated rings. The smallest absolute Gasteiger partial charge is 0.102 e. The van der Waals surface area contributed by atoms with Crippen LogP contribution in [0.5, 0.6) is 0 Å². The third-order valence-corrected chi connectivity index (χ3v) is 3.47. The fourth-order valence-corrected chi connectivity index (χ4v) is 2.65. The standard InChI is InChI=1S/C9H8BrNS/c10-8-6-12-9(11-8)7-4-2-1-3-5-7/h1-6,9,11H. The predicted molar refractivity (Wildman–Crippen MR) is 56.9 cm³/mol.